The second-order valence-electron chi connectivity index (χ2n) is 3.59. The highest BCUT2D eigenvalue weighted by Crippen LogP contribution is 2.29. The van der Waals surface area contributed by atoms with Crippen molar-refractivity contribution < 1.29 is 14.6 Å². The number of hydrogen-bond donors (Lipinski definition) is 2. The largest absolute Gasteiger partial charge is 0.504 e. The first-order chi connectivity index (χ1) is 8.13. The molecule has 1 amide bonds. The number of nitrogens with one attached hydrogen (secondary N) is 1. The van der Waals surface area contributed by atoms with Crippen LogP contribution in [0.1, 0.15) is 23.7 Å². The Morgan fingerprint density at radius 3 is 2.82 bits per heavy atom. The number of methoxy groups -OCH3 is 1. The zero-order valence-corrected chi connectivity index (χ0v) is 11.5. The van der Waals surface area contributed by atoms with E-state index in [1.54, 1.807) is 18.2 Å². The molecule has 1 rings (SSSR count). The SMILES string of the molecule is CCC(CBr)NC(=O)c1cccc(OC)c1O. The first-order valence-corrected chi connectivity index (χ1v) is 6.49. The summed E-state index contributed by atoms with van der Waals surface area (Å²) in [5.41, 5.74) is 0.226. The number of hydrogen-bond acceptors (Lipinski definition) is 3. The number of halogens is 1. The third-order valence-corrected chi connectivity index (χ3v) is 3.26. The summed E-state index contributed by atoms with van der Waals surface area (Å²) >= 11 is 3.32. The van der Waals surface area contributed by atoms with E-state index >= 15 is 0 Å². The average molecular weight is 302 g/mol. The molecule has 0 aliphatic carbocycles. The molecule has 94 valence electrons. The molecule has 0 aliphatic rings. The second kappa shape index (κ2) is 6.49. The highest BCUT2D eigenvalue weighted by molar-refractivity contribution is 9.09. The van der Waals surface area contributed by atoms with Gasteiger partial charge in [-0.05, 0) is 18.6 Å². The van der Waals surface area contributed by atoms with E-state index in [0.717, 1.165) is 6.42 Å². The summed E-state index contributed by atoms with van der Waals surface area (Å²) in [7, 11) is 1.45. The van der Waals surface area contributed by atoms with Gasteiger partial charge in [-0.1, -0.05) is 28.9 Å². The van der Waals surface area contributed by atoms with Crippen molar-refractivity contribution in [1.29, 1.82) is 0 Å². The van der Waals surface area contributed by atoms with Gasteiger partial charge in [0.25, 0.3) is 5.91 Å². The molecular weight excluding hydrogens is 286 g/mol. The maximum absolute atomic E-state index is 11.9. The molecule has 0 spiro atoms. The topological polar surface area (TPSA) is 58.6 Å². The van der Waals surface area contributed by atoms with Gasteiger partial charge in [0.2, 0.25) is 0 Å². The second-order valence-corrected chi connectivity index (χ2v) is 4.24. The van der Waals surface area contributed by atoms with E-state index in [2.05, 4.69) is 21.2 Å². The van der Waals surface area contributed by atoms with Crippen molar-refractivity contribution >= 4 is 21.8 Å². The predicted molar refractivity (Wildman–Crippen MR) is 70.0 cm³/mol. The lowest BCUT2D eigenvalue weighted by molar-refractivity contribution is 0.0937. The molecule has 5 heteroatoms. The summed E-state index contributed by atoms with van der Waals surface area (Å²) < 4.78 is 4.95. The smallest absolute Gasteiger partial charge is 0.255 e. The van der Waals surface area contributed by atoms with Crippen molar-refractivity contribution in [1.82, 2.24) is 5.32 Å². The summed E-state index contributed by atoms with van der Waals surface area (Å²) in [6.45, 7) is 1.98. The molecule has 1 aromatic carbocycles. The van der Waals surface area contributed by atoms with Crippen LogP contribution in [0.3, 0.4) is 0 Å². The summed E-state index contributed by atoms with van der Waals surface area (Å²) in [5.74, 6) is -0.130. The Balaban J connectivity index is 2.89. The number of rotatable bonds is 5. The molecule has 1 aromatic rings. The molecule has 0 aliphatic heterocycles. The number of para-hydroxylation sites is 1. The van der Waals surface area contributed by atoms with Gasteiger partial charge < -0.3 is 15.2 Å². The molecule has 17 heavy (non-hydrogen) atoms. The van der Waals surface area contributed by atoms with E-state index in [4.69, 9.17) is 4.74 Å². The van der Waals surface area contributed by atoms with E-state index < -0.39 is 0 Å². The molecule has 0 saturated heterocycles. The highest BCUT2D eigenvalue weighted by Gasteiger charge is 2.16. The monoisotopic (exact) mass is 301 g/mol. The van der Waals surface area contributed by atoms with Crippen molar-refractivity contribution in [2.45, 2.75) is 19.4 Å². The summed E-state index contributed by atoms with van der Waals surface area (Å²) in [6.07, 6.45) is 0.821. The summed E-state index contributed by atoms with van der Waals surface area (Å²) in [4.78, 5) is 11.9. The fraction of sp³-hybridized carbons (Fsp3) is 0.417. The van der Waals surface area contributed by atoms with Crippen LogP contribution >= 0.6 is 15.9 Å². The van der Waals surface area contributed by atoms with Gasteiger partial charge in [0, 0.05) is 11.4 Å². The van der Waals surface area contributed by atoms with Crippen LogP contribution in [-0.2, 0) is 0 Å². The molecule has 0 saturated carbocycles. The number of phenols is 1. The zero-order valence-electron chi connectivity index (χ0n) is 9.87. The fourth-order valence-corrected chi connectivity index (χ4v) is 2.00. The number of phenolic OH excluding ortho intramolecular Hbond substituents is 1. The van der Waals surface area contributed by atoms with Crippen LogP contribution in [-0.4, -0.2) is 29.5 Å². The number of carbonyl (C=O) groups is 1. The molecule has 1 atom stereocenters. The van der Waals surface area contributed by atoms with E-state index in [0.29, 0.717) is 11.1 Å². The quantitative estimate of drug-likeness (QED) is 0.821. The molecule has 4 nitrogen and oxygen atoms in total. The van der Waals surface area contributed by atoms with Gasteiger partial charge in [-0.3, -0.25) is 4.79 Å². The Hall–Kier alpha value is -1.23. The number of alkyl halides is 1. The van der Waals surface area contributed by atoms with E-state index in [1.165, 1.54) is 7.11 Å². The molecule has 1 unspecified atom stereocenters. The molecule has 2 N–H and O–H groups in total. The molecule has 0 bridgehead atoms. The first kappa shape index (κ1) is 13.8. The van der Waals surface area contributed by atoms with Gasteiger partial charge in [0.15, 0.2) is 11.5 Å². The van der Waals surface area contributed by atoms with E-state index in [1.807, 2.05) is 6.92 Å². The van der Waals surface area contributed by atoms with Crippen molar-refractivity contribution in [3.8, 4) is 11.5 Å². The molecule has 0 fully saturated rings. The van der Waals surface area contributed by atoms with Gasteiger partial charge in [-0.15, -0.1) is 0 Å². The number of carbonyl (C=O) groups excluding carboxylic acids is 1. The third kappa shape index (κ3) is 3.36. The van der Waals surface area contributed by atoms with Gasteiger partial charge in [0.05, 0.1) is 12.7 Å². The number of ether oxygens (including phenoxy) is 1. The van der Waals surface area contributed by atoms with Crippen molar-refractivity contribution in [3.05, 3.63) is 23.8 Å². The van der Waals surface area contributed by atoms with Crippen LogP contribution in [0, 0.1) is 0 Å². The summed E-state index contributed by atoms with van der Waals surface area (Å²) in [5, 5.41) is 13.3. The minimum Gasteiger partial charge on any atom is -0.504 e. The first-order valence-electron chi connectivity index (χ1n) is 5.36. The van der Waals surface area contributed by atoms with Crippen LogP contribution in [0.15, 0.2) is 18.2 Å². The molecule has 0 heterocycles. The Bertz CT molecular complexity index is 391. The zero-order chi connectivity index (χ0) is 12.8. The van der Waals surface area contributed by atoms with Crippen LogP contribution < -0.4 is 10.1 Å². The standard InChI is InChI=1S/C12H16BrNO3/c1-3-8(7-13)14-12(16)9-5-4-6-10(17-2)11(9)15/h4-6,8,15H,3,7H2,1-2H3,(H,14,16). The molecular formula is C12H16BrNO3. The van der Waals surface area contributed by atoms with Crippen LogP contribution in [0.25, 0.3) is 0 Å². The third-order valence-electron chi connectivity index (χ3n) is 2.48. The maximum atomic E-state index is 11.9. The van der Waals surface area contributed by atoms with Gasteiger partial charge >= 0.3 is 0 Å². The lowest BCUT2D eigenvalue weighted by Gasteiger charge is -2.15. The van der Waals surface area contributed by atoms with Gasteiger partial charge in [-0.25, -0.2) is 0 Å². The Morgan fingerprint density at radius 2 is 2.29 bits per heavy atom. The fourth-order valence-electron chi connectivity index (χ4n) is 1.38. The van der Waals surface area contributed by atoms with Crippen LogP contribution in [0.5, 0.6) is 11.5 Å². The minimum absolute atomic E-state index is 0.0492. The number of amides is 1. The summed E-state index contributed by atoms with van der Waals surface area (Å²) in [6, 6.07) is 4.89. The van der Waals surface area contributed by atoms with Gasteiger partial charge in [-0.2, -0.15) is 0 Å². The van der Waals surface area contributed by atoms with Crippen LogP contribution in [0.4, 0.5) is 0 Å². The Labute approximate surface area is 109 Å². The average Bonchev–Trinajstić information content (AvgIpc) is 2.35. The van der Waals surface area contributed by atoms with Crippen LogP contribution in [0.2, 0.25) is 0 Å². The van der Waals surface area contributed by atoms with Crippen molar-refractivity contribution in [3.63, 3.8) is 0 Å². The molecule has 0 radical (unpaired) electrons. The van der Waals surface area contributed by atoms with E-state index in [9.17, 15) is 9.90 Å². The van der Waals surface area contributed by atoms with Crippen molar-refractivity contribution in [2.24, 2.45) is 0 Å². The number of aromatic hydroxyl groups is 1. The predicted octanol–water partition coefficient (Wildman–Crippen LogP) is 2.30. The lowest BCUT2D eigenvalue weighted by atomic mass is 10.1. The normalized spacial score (nSPS) is 11.9. The Kier molecular flexibility index (Phi) is 5.28. The maximum Gasteiger partial charge on any atom is 0.255 e. The Morgan fingerprint density at radius 1 is 1.59 bits per heavy atom. The minimum atomic E-state index is -0.298. The van der Waals surface area contributed by atoms with E-state index in [-0.39, 0.29) is 23.3 Å². The number of benzene rings is 1. The highest BCUT2D eigenvalue weighted by atomic mass is 79.9. The molecule has 0 aromatic heterocycles. The lowest BCUT2D eigenvalue weighted by Crippen LogP contribution is -2.35. The van der Waals surface area contributed by atoms with Crippen molar-refractivity contribution in [2.75, 3.05) is 12.4 Å². The van der Waals surface area contributed by atoms with Gasteiger partial charge in [0.1, 0.15) is 0 Å².